The van der Waals surface area contributed by atoms with Gasteiger partial charge in [-0.2, -0.15) is 5.21 Å². The molecule has 1 aromatic carbocycles. The molecule has 0 radical (unpaired) electrons. The predicted molar refractivity (Wildman–Crippen MR) is 119 cm³/mol. The zero-order valence-electron chi connectivity index (χ0n) is 17.8. The van der Waals surface area contributed by atoms with Crippen molar-refractivity contribution < 1.29 is 5.11 Å². The van der Waals surface area contributed by atoms with Gasteiger partial charge in [0.25, 0.3) is 0 Å². The molecule has 3 aromatic heterocycles. The number of nitrogens with zero attached hydrogens (tertiary/aromatic N) is 6. The van der Waals surface area contributed by atoms with Crippen LogP contribution in [0.3, 0.4) is 0 Å². The van der Waals surface area contributed by atoms with Gasteiger partial charge in [-0.25, -0.2) is 4.79 Å². The molecular formula is C23H25N7O2. The smallest absolute Gasteiger partial charge is 0.329 e. The van der Waals surface area contributed by atoms with Crippen molar-refractivity contribution in [1.29, 1.82) is 0 Å². The summed E-state index contributed by atoms with van der Waals surface area (Å²) in [6, 6.07) is 11.7. The van der Waals surface area contributed by atoms with Crippen molar-refractivity contribution in [1.82, 2.24) is 34.7 Å². The molecule has 0 spiro atoms. The number of aromatic nitrogens is 7. The Morgan fingerprint density at radius 1 is 1.19 bits per heavy atom. The number of aliphatic hydroxyl groups excluding tert-OH is 1. The van der Waals surface area contributed by atoms with E-state index in [-0.39, 0.29) is 11.7 Å². The van der Waals surface area contributed by atoms with E-state index in [4.69, 9.17) is 0 Å². The molecule has 32 heavy (non-hydrogen) atoms. The van der Waals surface area contributed by atoms with Crippen LogP contribution in [0.1, 0.15) is 43.6 Å². The number of aliphatic hydroxyl groups is 1. The third-order valence-electron chi connectivity index (χ3n) is 5.92. The summed E-state index contributed by atoms with van der Waals surface area (Å²) in [5, 5.41) is 24.1. The van der Waals surface area contributed by atoms with Crippen molar-refractivity contribution in [3.8, 4) is 22.5 Å². The van der Waals surface area contributed by atoms with Gasteiger partial charge in [-0.05, 0) is 36.1 Å². The molecule has 1 aliphatic rings. The Bertz CT molecular complexity index is 1260. The van der Waals surface area contributed by atoms with E-state index in [9.17, 15) is 9.90 Å². The molecule has 9 nitrogen and oxygen atoms in total. The fourth-order valence-corrected chi connectivity index (χ4v) is 4.02. The lowest BCUT2D eigenvalue weighted by Gasteiger charge is -2.09. The van der Waals surface area contributed by atoms with Crippen LogP contribution in [-0.2, 0) is 13.0 Å². The van der Waals surface area contributed by atoms with Gasteiger partial charge in [-0.3, -0.25) is 14.1 Å². The minimum Gasteiger partial charge on any atom is -0.391 e. The second kappa shape index (κ2) is 8.51. The third kappa shape index (κ3) is 3.87. The van der Waals surface area contributed by atoms with Gasteiger partial charge in [0, 0.05) is 29.2 Å². The third-order valence-corrected chi connectivity index (χ3v) is 5.92. The van der Waals surface area contributed by atoms with Gasteiger partial charge >= 0.3 is 5.69 Å². The molecule has 0 aliphatic heterocycles. The lowest BCUT2D eigenvalue weighted by Crippen LogP contribution is -2.26. The van der Waals surface area contributed by atoms with Crippen LogP contribution in [0.15, 0.2) is 53.6 Å². The van der Waals surface area contributed by atoms with Crippen LogP contribution in [0.2, 0.25) is 0 Å². The highest BCUT2D eigenvalue weighted by Gasteiger charge is 2.38. The summed E-state index contributed by atoms with van der Waals surface area (Å²) in [4.78, 5) is 17.7. The van der Waals surface area contributed by atoms with Crippen molar-refractivity contribution in [2.45, 2.75) is 51.3 Å². The zero-order chi connectivity index (χ0) is 22.1. The second-order valence-corrected chi connectivity index (χ2v) is 8.19. The summed E-state index contributed by atoms with van der Waals surface area (Å²) in [5.41, 5.74) is 4.48. The molecule has 1 fully saturated rings. The van der Waals surface area contributed by atoms with Gasteiger partial charge in [0.2, 0.25) is 5.82 Å². The SMILES string of the molecule is CCCCc1cn(C2CC2O)c(=O)n1Cc1ccc(-c2ccccc2-c2nn[nH]n2)cn1. The number of rotatable bonds is 8. The first-order valence-corrected chi connectivity index (χ1v) is 10.9. The van der Waals surface area contributed by atoms with Gasteiger partial charge in [-0.1, -0.05) is 43.7 Å². The monoisotopic (exact) mass is 431 g/mol. The number of imidazole rings is 1. The number of aromatic amines is 1. The second-order valence-electron chi connectivity index (χ2n) is 8.19. The van der Waals surface area contributed by atoms with Crippen LogP contribution < -0.4 is 5.69 Å². The Morgan fingerprint density at radius 2 is 2.00 bits per heavy atom. The molecule has 0 amide bonds. The van der Waals surface area contributed by atoms with Crippen molar-refractivity contribution in [2.75, 3.05) is 0 Å². The number of unbranched alkanes of at least 4 members (excludes halogenated alkanes) is 1. The number of benzene rings is 1. The Morgan fingerprint density at radius 3 is 2.66 bits per heavy atom. The maximum atomic E-state index is 13.0. The van der Waals surface area contributed by atoms with Crippen LogP contribution in [-0.4, -0.2) is 46.0 Å². The fraction of sp³-hybridized carbons (Fsp3) is 0.348. The van der Waals surface area contributed by atoms with E-state index in [1.54, 1.807) is 9.13 Å². The van der Waals surface area contributed by atoms with Crippen molar-refractivity contribution in [2.24, 2.45) is 0 Å². The number of tetrazole rings is 1. The lowest BCUT2D eigenvalue weighted by molar-refractivity contribution is 0.258. The van der Waals surface area contributed by atoms with E-state index in [0.717, 1.165) is 47.3 Å². The van der Waals surface area contributed by atoms with Gasteiger partial charge < -0.3 is 5.11 Å². The molecule has 2 N–H and O–H groups in total. The van der Waals surface area contributed by atoms with Gasteiger partial charge in [0.05, 0.1) is 24.4 Å². The summed E-state index contributed by atoms with van der Waals surface area (Å²) >= 11 is 0. The first kappa shape index (κ1) is 20.3. The minimum absolute atomic E-state index is 0.0778. The molecule has 0 bridgehead atoms. The maximum Gasteiger partial charge on any atom is 0.329 e. The van der Waals surface area contributed by atoms with Crippen LogP contribution in [0, 0.1) is 0 Å². The molecule has 5 rings (SSSR count). The summed E-state index contributed by atoms with van der Waals surface area (Å²) in [5.74, 6) is 0.528. The van der Waals surface area contributed by atoms with Gasteiger partial charge in [-0.15, -0.1) is 10.2 Å². The Labute approximate surface area is 184 Å². The van der Waals surface area contributed by atoms with E-state index in [1.165, 1.54) is 0 Å². The normalized spacial score (nSPS) is 17.6. The molecule has 1 aliphatic carbocycles. The molecule has 1 saturated carbocycles. The Hall–Kier alpha value is -3.59. The molecule has 2 atom stereocenters. The maximum absolute atomic E-state index is 13.0. The van der Waals surface area contributed by atoms with Crippen molar-refractivity contribution in [3.63, 3.8) is 0 Å². The number of nitrogens with one attached hydrogen (secondary N) is 1. The number of hydrogen-bond acceptors (Lipinski definition) is 6. The highest BCUT2D eigenvalue weighted by Crippen LogP contribution is 2.34. The number of hydrogen-bond donors (Lipinski definition) is 2. The summed E-state index contributed by atoms with van der Waals surface area (Å²) in [7, 11) is 0. The minimum atomic E-state index is -0.417. The predicted octanol–water partition coefficient (Wildman–Crippen LogP) is 2.59. The largest absolute Gasteiger partial charge is 0.391 e. The number of aryl methyl sites for hydroxylation is 1. The lowest BCUT2D eigenvalue weighted by atomic mass is 10.0. The van der Waals surface area contributed by atoms with E-state index in [0.29, 0.717) is 18.8 Å². The van der Waals surface area contributed by atoms with Crippen LogP contribution in [0.25, 0.3) is 22.5 Å². The van der Waals surface area contributed by atoms with Gasteiger partial charge in [0.1, 0.15) is 0 Å². The Kier molecular flexibility index (Phi) is 5.40. The van der Waals surface area contributed by atoms with E-state index in [2.05, 4.69) is 32.5 Å². The van der Waals surface area contributed by atoms with Crippen molar-refractivity contribution in [3.05, 3.63) is 70.7 Å². The van der Waals surface area contributed by atoms with Gasteiger partial charge in [0.15, 0.2) is 0 Å². The summed E-state index contributed by atoms with van der Waals surface area (Å²) in [6.45, 7) is 2.54. The van der Waals surface area contributed by atoms with E-state index < -0.39 is 6.10 Å². The highest BCUT2D eigenvalue weighted by molar-refractivity contribution is 5.79. The molecule has 3 heterocycles. The highest BCUT2D eigenvalue weighted by atomic mass is 16.3. The molecular weight excluding hydrogens is 406 g/mol. The average molecular weight is 432 g/mol. The number of pyridine rings is 1. The molecule has 4 aromatic rings. The fourth-order valence-electron chi connectivity index (χ4n) is 4.02. The van der Waals surface area contributed by atoms with Crippen LogP contribution in [0.4, 0.5) is 0 Å². The molecule has 2 unspecified atom stereocenters. The molecule has 164 valence electrons. The summed E-state index contributed by atoms with van der Waals surface area (Å²) < 4.78 is 3.47. The topological polar surface area (TPSA) is 115 Å². The zero-order valence-corrected chi connectivity index (χ0v) is 17.8. The first-order chi connectivity index (χ1) is 15.7. The van der Waals surface area contributed by atoms with Crippen LogP contribution in [0.5, 0.6) is 0 Å². The van der Waals surface area contributed by atoms with E-state index in [1.807, 2.05) is 48.8 Å². The molecule has 0 saturated heterocycles. The van der Waals surface area contributed by atoms with Crippen LogP contribution >= 0.6 is 0 Å². The summed E-state index contributed by atoms with van der Waals surface area (Å²) in [6.07, 6.45) is 6.84. The standard InChI is InChI=1S/C23H25N7O2/c1-2-3-6-17-14-30(20-11-21(20)31)23(32)29(17)13-16-10-9-15(12-24-16)18-7-4-5-8-19(18)22-25-27-28-26-22/h4-5,7-10,12,14,20-21,31H,2-3,6,11,13H2,1H3,(H,25,26,27,28). The van der Waals surface area contributed by atoms with Crippen molar-refractivity contribution >= 4 is 0 Å². The van der Waals surface area contributed by atoms with E-state index >= 15 is 0 Å². The Balaban J connectivity index is 1.43. The molecule has 9 heteroatoms. The average Bonchev–Trinajstić information content (AvgIpc) is 3.20. The quantitative estimate of drug-likeness (QED) is 0.443. The first-order valence-electron chi connectivity index (χ1n) is 10.9. The number of H-pyrrole nitrogens is 1.